The van der Waals surface area contributed by atoms with Crippen molar-refractivity contribution in [3.63, 3.8) is 0 Å². The normalized spacial score (nSPS) is 15.9. The summed E-state index contributed by atoms with van der Waals surface area (Å²) < 4.78 is 55.5. The molecule has 0 saturated carbocycles. The molecule has 1 aromatic heterocycles. The van der Waals surface area contributed by atoms with Crippen molar-refractivity contribution in [1.29, 1.82) is 0 Å². The maximum Gasteiger partial charge on any atom is 0.268 e. The predicted octanol–water partition coefficient (Wildman–Crippen LogP) is 2.13. The molecule has 4 rings (SSSR count). The van der Waals surface area contributed by atoms with Crippen molar-refractivity contribution >= 4 is 36.5 Å². The van der Waals surface area contributed by atoms with E-state index < -0.39 is 36.9 Å². The molecule has 0 radical (unpaired) electrons. The lowest BCUT2D eigenvalue weighted by atomic mass is 9.80. The van der Waals surface area contributed by atoms with Crippen LogP contribution in [-0.4, -0.2) is 62.5 Å². The fourth-order valence-electron chi connectivity index (χ4n) is 4.35. The first kappa shape index (κ1) is 26.0. The zero-order valence-electron chi connectivity index (χ0n) is 19.6. The van der Waals surface area contributed by atoms with Crippen LogP contribution in [0.25, 0.3) is 10.8 Å². The Bertz CT molecular complexity index is 1460. The summed E-state index contributed by atoms with van der Waals surface area (Å²) in [6, 6.07) is 13.6. The van der Waals surface area contributed by atoms with Gasteiger partial charge >= 0.3 is 0 Å². The van der Waals surface area contributed by atoms with E-state index in [2.05, 4.69) is 10.3 Å². The van der Waals surface area contributed by atoms with Crippen LogP contribution in [0.4, 0.5) is 0 Å². The van der Waals surface area contributed by atoms with Crippen molar-refractivity contribution in [3.05, 3.63) is 66.5 Å². The third-order valence-electron chi connectivity index (χ3n) is 6.32. The van der Waals surface area contributed by atoms with E-state index in [9.17, 15) is 26.8 Å². The van der Waals surface area contributed by atoms with Crippen LogP contribution in [0.1, 0.15) is 18.4 Å². The lowest BCUT2D eigenvalue weighted by molar-refractivity contribution is -0.157. The van der Waals surface area contributed by atoms with Gasteiger partial charge in [0.05, 0.1) is 22.3 Å². The average Bonchev–Trinajstić information content (AvgIpc) is 2.86. The van der Waals surface area contributed by atoms with Crippen molar-refractivity contribution in [3.8, 4) is 5.75 Å². The van der Waals surface area contributed by atoms with Crippen LogP contribution in [0.5, 0.6) is 5.75 Å². The first-order chi connectivity index (χ1) is 17.0. The quantitative estimate of drug-likeness (QED) is 0.329. The highest BCUT2D eigenvalue weighted by atomic mass is 32.2. The Hall–Kier alpha value is -3.06. The fourth-order valence-corrected chi connectivity index (χ4v) is 6.70. The minimum Gasteiger partial charge on any atom is -0.489 e. The van der Waals surface area contributed by atoms with Crippen molar-refractivity contribution < 1.29 is 31.6 Å². The van der Waals surface area contributed by atoms with Crippen molar-refractivity contribution in [1.82, 2.24) is 14.8 Å². The van der Waals surface area contributed by atoms with Crippen LogP contribution >= 0.6 is 0 Å². The van der Waals surface area contributed by atoms with Gasteiger partial charge in [-0.15, -0.1) is 4.47 Å². The van der Waals surface area contributed by atoms with Gasteiger partial charge in [-0.2, -0.15) is 0 Å². The number of piperidine rings is 1. The van der Waals surface area contributed by atoms with E-state index in [1.807, 2.05) is 24.3 Å². The Morgan fingerprint density at radius 2 is 1.78 bits per heavy atom. The molecule has 36 heavy (non-hydrogen) atoms. The number of hydrogen-bond acceptors (Lipinski definition) is 9. The van der Waals surface area contributed by atoms with Gasteiger partial charge in [-0.3, -0.25) is 15.0 Å². The Morgan fingerprint density at radius 1 is 1.08 bits per heavy atom. The van der Waals surface area contributed by atoms with Crippen molar-refractivity contribution in [2.75, 3.05) is 25.1 Å². The predicted molar refractivity (Wildman–Crippen MR) is 133 cm³/mol. The summed E-state index contributed by atoms with van der Waals surface area (Å²) in [6.45, 7) is 0.904. The van der Waals surface area contributed by atoms with Crippen molar-refractivity contribution in [2.24, 2.45) is 5.41 Å². The summed E-state index contributed by atoms with van der Waals surface area (Å²) in [5.41, 5.74) is -0.613. The molecular weight excluding hydrogens is 506 g/mol. The van der Waals surface area contributed by atoms with Gasteiger partial charge < -0.3 is 10.1 Å². The van der Waals surface area contributed by atoms with Gasteiger partial charge in [0.1, 0.15) is 12.4 Å². The van der Waals surface area contributed by atoms with Crippen LogP contribution in [0, 0.1) is 5.41 Å². The fraction of sp³-hybridized carbons (Fsp3) is 0.333. The van der Waals surface area contributed by atoms with Gasteiger partial charge in [0.15, 0.2) is 9.84 Å². The van der Waals surface area contributed by atoms with Gasteiger partial charge in [0.25, 0.3) is 15.9 Å². The molecule has 1 fully saturated rings. The molecule has 3 aromatic rings. The van der Waals surface area contributed by atoms with Gasteiger partial charge in [0, 0.05) is 17.8 Å². The summed E-state index contributed by atoms with van der Waals surface area (Å²) in [5, 5.41) is 15.0. The molecule has 0 spiro atoms. The van der Waals surface area contributed by atoms with E-state index in [0.717, 1.165) is 16.3 Å². The minimum absolute atomic E-state index is 0.0272. The number of rotatable bonds is 8. The number of fused-ring (bicyclic) bond motifs is 1. The number of ether oxygens (including phenoxy) is 1. The molecule has 1 aliphatic heterocycles. The van der Waals surface area contributed by atoms with Gasteiger partial charge in [0.2, 0.25) is 0 Å². The second kappa shape index (κ2) is 10.1. The topological polar surface area (TPSA) is 143 Å². The summed E-state index contributed by atoms with van der Waals surface area (Å²) in [5.74, 6) is -1.30. The average molecular weight is 534 g/mol. The number of sulfone groups is 1. The highest BCUT2D eigenvalue weighted by Crippen LogP contribution is 2.35. The number of hydroxylamine groups is 1. The van der Waals surface area contributed by atoms with Gasteiger partial charge in [-0.25, -0.2) is 16.8 Å². The highest BCUT2D eigenvalue weighted by Gasteiger charge is 2.47. The first-order valence-corrected chi connectivity index (χ1v) is 14.7. The number of hydrogen-bond donors (Lipinski definition) is 2. The molecule has 10 nitrogen and oxygen atoms in total. The van der Waals surface area contributed by atoms with Gasteiger partial charge in [-0.05, 0) is 67.2 Å². The Labute approximate surface area is 209 Å². The van der Waals surface area contributed by atoms with Crippen LogP contribution in [0.3, 0.4) is 0 Å². The number of carbonyl (C=O) groups excluding carboxylic acids is 1. The lowest BCUT2D eigenvalue weighted by Gasteiger charge is -2.37. The number of aromatic nitrogens is 1. The second-order valence-corrected chi connectivity index (χ2v) is 12.7. The number of pyridine rings is 1. The van der Waals surface area contributed by atoms with Crippen LogP contribution in [0.2, 0.25) is 0 Å². The smallest absolute Gasteiger partial charge is 0.268 e. The van der Waals surface area contributed by atoms with E-state index in [0.29, 0.717) is 25.1 Å². The number of amides is 1. The third-order valence-corrected chi connectivity index (χ3v) is 9.03. The molecule has 2 aromatic carbocycles. The molecule has 192 valence electrons. The second-order valence-electron chi connectivity index (χ2n) is 8.87. The van der Waals surface area contributed by atoms with Crippen LogP contribution in [-0.2, 0) is 31.3 Å². The zero-order valence-corrected chi connectivity index (χ0v) is 21.3. The summed E-state index contributed by atoms with van der Waals surface area (Å²) in [7, 11) is -8.25. The summed E-state index contributed by atoms with van der Waals surface area (Å²) in [4.78, 5) is 17.0. The molecule has 0 atom stereocenters. The third kappa shape index (κ3) is 5.51. The molecule has 1 amide bonds. The molecule has 2 N–H and O–H groups in total. The van der Waals surface area contributed by atoms with E-state index in [1.54, 1.807) is 12.4 Å². The van der Waals surface area contributed by atoms with E-state index in [4.69, 9.17) is 4.74 Å². The first-order valence-electron chi connectivity index (χ1n) is 11.2. The largest absolute Gasteiger partial charge is 0.489 e. The maximum atomic E-state index is 13.3. The molecule has 2 heterocycles. The van der Waals surface area contributed by atoms with Crippen LogP contribution < -0.4 is 10.1 Å². The highest BCUT2D eigenvalue weighted by molar-refractivity contribution is 7.91. The van der Waals surface area contributed by atoms with Crippen molar-refractivity contribution in [2.45, 2.75) is 24.3 Å². The summed E-state index contributed by atoms with van der Waals surface area (Å²) in [6.07, 6.45) is 4.29. The minimum atomic E-state index is -4.25. The molecular formula is C24H27N3O7S2. The molecule has 12 heteroatoms. The van der Waals surface area contributed by atoms with E-state index in [1.165, 1.54) is 24.3 Å². The van der Waals surface area contributed by atoms with Crippen LogP contribution in [0.15, 0.2) is 65.8 Å². The molecule has 1 aliphatic rings. The maximum absolute atomic E-state index is 13.3. The molecule has 0 unspecified atom stereocenters. The van der Waals surface area contributed by atoms with E-state index in [-0.39, 0.29) is 28.8 Å². The Kier molecular flexibility index (Phi) is 7.32. The number of nitrogens with zero attached hydrogens (tertiary/aromatic N) is 2. The number of sulfonamides is 1. The zero-order chi connectivity index (χ0) is 26.0. The Morgan fingerprint density at radius 3 is 2.44 bits per heavy atom. The standard InChI is InChI=1S/C24H27N3O7S2/c1-35(30,31)27(29)23(28)24(10-13-25-14-11-24)17-36(32,33)21-7-5-20(6-8-21)34-16-19-4-2-3-18-15-26-12-9-22(18)19/h2-9,12,15,25,29H,10-11,13-14,16-17H2,1H3. The van der Waals surface area contributed by atoms with E-state index >= 15 is 0 Å². The molecule has 1 saturated heterocycles. The number of carbonyl (C=O) groups is 1. The van der Waals surface area contributed by atoms with Gasteiger partial charge in [-0.1, -0.05) is 18.2 Å². The molecule has 0 aliphatic carbocycles. The number of nitrogens with one attached hydrogen (secondary N) is 1. The Balaban J connectivity index is 1.51. The molecule has 0 bridgehead atoms. The SMILES string of the molecule is CS(=O)(=O)N(O)C(=O)C1(CS(=O)(=O)c2ccc(OCc3cccc4cnccc34)cc2)CCNCC1. The lowest BCUT2D eigenvalue weighted by Crippen LogP contribution is -2.52. The summed E-state index contributed by atoms with van der Waals surface area (Å²) >= 11 is 0. The monoisotopic (exact) mass is 533 g/mol. The number of benzene rings is 2.